The molecular weight excluding hydrogens is 304 g/mol. The Balaban J connectivity index is 1.47. The number of pyridine rings is 1. The molecule has 7 nitrogen and oxygen atoms in total. The van der Waals surface area contributed by atoms with Gasteiger partial charge in [-0.25, -0.2) is 9.97 Å². The van der Waals surface area contributed by atoms with Crippen LogP contribution in [0.4, 0.5) is 5.82 Å². The molecule has 4 rings (SSSR count). The van der Waals surface area contributed by atoms with E-state index >= 15 is 0 Å². The van der Waals surface area contributed by atoms with Gasteiger partial charge in [-0.3, -0.25) is 4.79 Å². The minimum Gasteiger partial charge on any atom is -0.353 e. The van der Waals surface area contributed by atoms with Gasteiger partial charge in [-0.15, -0.1) is 10.2 Å². The first-order valence-corrected chi connectivity index (χ1v) is 7.86. The quantitative estimate of drug-likeness (QED) is 0.710. The van der Waals surface area contributed by atoms with Gasteiger partial charge in [0.2, 0.25) is 5.82 Å². The number of fused-ring (bicyclic) bond motifs is 1. The Labute approximate surface area is 139 Å². The SMILES string of the molecule is O=C(c1nnc2ccccc2n1)N1CCN(c2ccccn2)CC1. The minimum absolute atomic E-state index is 0.153. The van der Waals surface area contributed by atoms with Gasteiger partial charge in [0.15, 0.2) is 0 Å². The molecule has 7 heteroatoms. The molecule has 0 saturated carbocycles. The zero-order valence-electron chi connectivity index (χ0n) is 13.0. The lowest BCUT2D eigenvalue weighted by atomic mass is 10.3. The molecule has 0 unspecified atom stereocenters. The molecule has 0 N–H and O–H groups in total. The van der Waals surface area contributed by atoms with Crippen molar-refractivity contribution < 1.29 is 4.79 Å². The monoisotopic (exact) mass is 320 g/mol. The van der Waals surface area contributed by atoms with Gasteiger partial charge in [0, 0.05) is 32.4 Å². The van der Waals surface area contributed by atoms with E-state index in [0.29, 0.717) is 24.1 Å². The summed E-state index contributed by atoms with van der Waals surface area (Å²) in [5.74, 6) is 0.919. The zero-order chi connectivity index (χ0) is 16.4. The third-order valence-electron chi connectivity index (χ3n) is 4.09. The molecule has 0 atom stereocenters. The van der Waals surface area contributed by atoms with Gasteiger partial charge in [0.25, 0.3) is 5.91 Å². The molecule has 3 heterocycles. The second-order valence-corrected chi connectivity index (χ2v) is 5.59. The number of carbonyl (C=O) groups excluding carboxylic acids is 1. The molecule has 1 aliphatic rings. The number of nitrogens with zero attached hydrogens (tertiary/aromatic N) is 6. The highest BCUT2D eigenvalue weighted by Gasteiger charge is 2.24. The maximum atomic E-state index is 12.6. The van der Waals surface area contributed by atoms with E-state index in [9.17, 15) is 4.79 Å². The van der Waals surface area contributed by atoms with Crippen molar-refractivity contribution in [1.29, 1.82) is 0 Å². The summed E-state index contributed by atoms with van der Waals surface area (Å²) in [6.07, 6.45) is 1.78. The van der Waals surface area contributed by atoms with Crippen LogP contribution in [0, 0.1) is 0 Å². The summed E-state index contributed by atoms with van der Waals surface area (Å²) >= 11 is 0. The molecule has 1 saturated heterocycles. The van der Waals surface area contributed by atoms with Crippen molar-refractivity contribution in [2.24, 2.45) is 0 Å². The number of para-hydroxylation sites is 1. The summed E-state index contributed by atoms with van der Waals surface area (Å²) in [7, 11) is 0. The number of carbonyl (C=O) groups is 1. The maximum absolute atomic E-state index is 12.6. The van der Waals surface area contributed by atoms with Crippen molar-refractivity contribution in [3.63, 3.8) is 0 Å². The Morgan fingerprint density at radius 2 is 1.62 bits per heavy atom. The Morgan fingerprint density at radius 1 is 0.875 bits per heavy atom. The van der Waals surface area contributed by atoms with Crippen LogP contribution in [0.25, 0.3) is 11.0 Å². The fourth-order valence-corrected chi connectivity index (χ4v) is 2.79. The average molecular weight is 320 g/mol. The normalized spacial score (nSPS) is 14.8. The van der Waals surface area contributed by atoms with E-state index in [-0.39, 0.29) is 11.7 Å². The van der Waals surface area contributed by atoms with Crippen LogP contribution >= 0.6 is 0 Å². The van der Waals surface area contributed by atoms with E-state index in [0.717, 1.165) is 18.9 Å². The number of benzene rings is 1. The molecule has 24 heavy (non-hydrogen) atoms. The Morgan fingerprint density at radius 3 is 2.38 bits per heavy atom. The number of rotatable bonds is 2. The fourth-order valence-electron chi connectivity index (χ4n) is 2.79. The molecule has 0 radical (unpaired) electrons. The third kappa shape index (κ3) is 2.76. The molecular formula is C17H16N6O. The van der Waals surface area contributed by atoms with Gasteiger partial charge < -0.3 is 9.80 Å². The highest BCUT2D eigenvalue weighted by atomic mass is 16.2. The van der Waals surface area contributed by atoms with Crippen LogP contribution < -0.4 is 4.90 Å². The van der Waals surface area contributed by atoms with Crippen LogP contribution in [-0.4, -0.2) is 57.2 Å². The molecule has 0 aliphatic carbocycles. The zero-order valence-corrected chi connectivity index (χ0v) is 13.0. The molecule has 0 spiro atoms. The Bertz CT molecular complexity index is 861. The second kappa shape index (κ2) is 6.19. The molecule has 1 aliphatic heterocycles. The van der Waals surface area contributed by atoms with Crippen LogP contribution in [0.5, 0.6) is 0 Å². The molecule has 3 aromatic rings. The molecule has 1 amide bonds. The second-order valence-electron chi connectivity index (χ2n) is 5.59. The first kappa shape index (κ1) is 14.5. The minimum atomic E-state index is -0.172. The largest absolute Gasteiger partial charge is 0.353 e. The van der Waals surface area contributed by atoms with Crippen LogP contribution in [0.3, 0.4) is 0 Å². The number of aromatic nitrogens is 4. The van der Waals surface area contributed by atoms with Crippen molar-refractivity contribution in [2.45, 2.75) is 0 Å². The van der Waals surface area contributed by atoms with E-state index in [1.807, 2.05) is 42.5 Å². The van der Waals surface area contributed by atoms with Gasteiger partial charge in [-0.1, -0.05) is 18.2 Å². The summed E-state index contributed by atoms with van der Waals surface area (Å²) in [6.45, 7) is 2.71. The highest BCUT2D eigenvalue weighted by Crippen LogP contribution is 2.14. The molecule has 2 aromatic heterocycles. The van der Waals surface area contributed by atoms with E-state index in [4.69, 9.17) is 0 Å². The van der Waals surface area contributed by atoms with Crippen molar-refractivity contribution in [3.05, 3.63) is 54.5 Å². The van der Waals surface area contributed by atoms with Gasteiger partial charge in [0.1, 0.15) is 11.3 Å². The first-order chi connectivity index (χ1) is 11.8. The molecule has 1 aromatic carbocycles. The smallest absolute Gasteiger partial charge is 0.293 e. The van der Waals surface area contributed by atoms with Crippen molar-refractivity contribution in [1.82, 2.24) is 25.1 Å². The summed E-state index contributed by atoms with van der Waals surface area (Å²) in [5.41, 5.74) is 1.37. The standard InChI is InChI=1S/C17H16N6O/c24-17(16-19-13-5-1-2-6-14(13)20-21-16)23-11-9-22(10-12-23)15-7-3-4-8-18-15/h1-8H,9-12H2. The lowest BCUT2D eigenvalue weighted by Crippen LogP contribution is -2.49. The van der Waals surface area contributed by atoms with Crippen molar-refractivity contribution in [2.75, 3.05) is 31.1 Å². The van der Waals surface area contributed by atoms with E-state index < -0.39 is 0 Å². The van der Waals surface area contributed by atoms with Gasteiger partial charge in [-0.2, -0.15) is 0 Å². The average Bonchev–Trinajstić information content (AvgIpc) is 2.68. The number of amides is 1. The maximum Gasteiger partial charge on any atom is 0.293 e. The van der Waals surface area contributed by atoms with E-state index in [1.165, 1.54) is 0 Å². The van der Waals surface area contributed by atoms with Gasteiger partial charge in [-0.05, 0) is 24.3 Å². The number of piperazine rings is 1. The van der Waals surface area contributed by atoms with Crippen molar-refractivity contribution >= 4 is 22.8 Å². The summed E-state index contributed by atoms with van der Waals surface area (Å²) < 4.78 is 0. The summed E-state index contributed by atoms with van der Waals surface area (Å²) in [5, 5.41) is 8.06. The lowest BCUT2D eigenvalue weighted by molar-refractivity contribution is 0.0733. The first-order valence-electron chi connectivity index (χ1n) is 7.86. The topological polar surface area (TPSA) is 75.1 Å². The highest BCUT2D eigenvalue weighted by molar-refractivity contribution is 5.92. The third-order valence-corrected chi connectivity index (χ3v) is 4.09. The summed E-state index contributed by atoms with van der Waals surface area (Å²) in [4.78, 5) is 25.2. The van der Waals surface area contributed by atoms with Crippen LogP contribution in [0.15, 0.2) is 48.7 Å². The van der Waals surface area contributed by atoms with Gasteiger partial charge >= 0.3 is 0 Å². The Kier molecular flexibility index (Phi) is 3.74. The summed E-state index contributed by atoms with van der Waals surface area (Å²) in [6, 6.07) is 13.2. The van der Waals surface area contributed by atoms with E-state index in [1.54, 1.807) is 11.1 Å². The molecule has 1 fully saturated rings. The van der Waals surface area contributed by atoms with Crippen LogP contribution in [-0.2, 0) is 0 Å². The Hall–Kier alpha value is -3.09. The lowest BCUT2D eigenvalue weighted by Gasteiger charge is -2.34. The van der Waals surface area contributed by atoms with E-state index in [2.05, 4.69) is 25.1 Å². The molecule has 120 valence electrons. The molecule has 0 bridgehead atoms. The van der Waals surface area contributed by atoms with Crippen LogP contribution in [0.2, 0.25) is 0 Å². The number of hydrogen-bond acceptors (Lipinski definition) is 6. The number of anilines is 1. The van der Waals surface area contributed by atoms with Crippen molar-refractivity contribution in [3.8, 4) is 0 Å². The predicted molar refractivity (Wildman–Crippen MR) is 89.7 cm³/mol. The fraction of sp³-hybridized carbons (Fsp3) is 0.235. The predicted octanol–water partition coefficient (Wildman–Crippen LogP) is 1.38. The van der Waals surface area contributed by atoms with Gasteiger partial charge in [0.05, 0.1) is 5.52 Å². The number of hydrogen-bond donors (Lipinski definition) is 0. The van der Waals surface area contributed by atoms with Crippen LogP contribution in [0.1, 0.15) is 10.6 Å².